The summed E-state index contributed by atoms with van der Waals surface area (Å²) < 4.78 is 25.0. The van der Waals surface area contributed by atoms with E-state index < -0.39 is 9.84 Å². The van der Waals surface area contributed by atoms with Gasteiger partial charge in [-0.25, -0.2) is 8.42 Å². The van der Waals surface area contributed by atoms with E-state index in [4.69, 9.17) is 0 Å². The van der Waals surface area contributed by atoms with Crippen molar-refractivity contribution in [3.63, 3.8) is 0 Å². The van der Waals surface area contributed by atoms with Crippen LogP contribution in [0, 0.1) is 0 Å². The molecule has 0 aromatic heterocycles. The zero-order chi connectivity index (χ0) is 13.0. The SMILES string of the molecule is O=S(=O)(/C=C(/I)c1ccccc1)c1ccccc1. The Hall–Kier alpha value is -1.14. The highest BCUT2D eigenvalue weighted by molar-refractivity contribution is 14.1. The van der Waals surface area contributed by atoms with Gasteiger partial charge in [-0.05, 0) is 40.3 Å². The minimum atomic E-state index is -3.38. The van der Waals surface area contributed by atoms with Crippen molar-refractivity contribution >= 4 is 36.0 Å². The Bertz CT molecular complexity index is 647. The third-order valence-corrected chi connectivity index (χ3v) is 5.21. The molecule has 0 fully saturated rings. The summed E-state index contributed by atoms with van der Waals surface area (Å²) in [6.45, 7) is 0. The molecule has 2 aromatic carbocycles. The first-order valence-corrected chi connectivity index (χ1v) is 7.95. The second kappa shape index (κ2) is 5.67. The average Bonchev–Trinajstić information content (AvgIpc) is 2.40. The fourth-order valence-corrected chi connectivity index (χ4v) is 3.92. The van der Waals surface area contributed by atoms with Crippen molar-refractivity contribution in [2.24, 2.45) is 0 Å². The van der Waals surface area contributed by atoms with Crippen molar-refractivity contribution < 1.29 is 8.42 Å². The predicted octanol–water partition coefficient (Wildman–Crippen LogP) is 3.89. The van der Waals surface area contributed by atoms with Crippen LogP contribution in [0.4, 0.5) is 0 Å². The monoisotopic (exact) mass is 370 g/mol. The van der Waals surface area contributed by atoms with Crippen LogP contribution in [0.25, 0.3) is 3.58 Å². The van der Waals surface area contributed by atoms with E-state index in [1.807, 2.05) is 52.9 Å². The first kappa shape index (κ1) is 13.3. The van der Waals surface area contributed by atoms with Crippen LogP contribution >= 0.6 is 22.6 Å². The molecule has 2 rings (SSSR count). The standard InChI is InChI=1S/C14H11IO2S/c15-14(12-7-3-1-4-8-12)11-18(16,17)13-9-5-2-6-10-13/h1-11H/b14-11+. The van der Waals surface area contributed by atoms with Gasteiger partial charge in [0.15, 0.2) is 0 Å². The molecule has 0 radical (unpaired) electrons. The third kappa shape index (κ3) is 3.20. The van der Waals surface area contributed by atoms with E-state index in [2.05, 4.69) is 0 Å². The molecular formula is C14H11IO2S. The second-order valence-corrected chi connectivity index (χ2v) is 6.65. The largest absolute Gasteiger partial charge is 0.219 e. The molecule has 92 valence electrons. The molecule has 0 bridgehead atoms. The van der Waals surface area contributed by atoms with Crippen molar-refractivity contribution in [1.29, 1.82) is 0 Å². The van der Waals surface area contributed by atoms with Crippen LogP contribution in [-0.2, 0) is 9.84 Å². The molecule has 0 saturated carbocycles. The molecule has 18 heavy (non-hydrogen) atoms. The maximum atomic E-state index is 12.1. The molecule has 0 unspecified atom stereocenters. The third-order valence-electron chi connectivity index (χ3n) is 2.38. The van der Waals surface area contributed by atoms with Crippen LogP contribution in [0.1, 0.15) is 5.56 Å². The fourth-order valence-electron chi connectivity index (χ4n) is 1.48. The van der Waals surface area contributed by atoms with Gasteiger partial charge in [0.1, 0.15) is 0 Å². The Morgan fingerprint density at radius 2 is 1.39 bits per heavy atom. The zero-order valence-corrected chi connectivity index (χ0v) is 12.4. The molecule has 0 aliphatic carbocycles. The quantitative estimate of drug-likeness (QED) is 0.769. The Kier molecular flexibility index (Phi) is 4.19. The number of hydrogen-bond donors (Lipinski definition) is 0. The van der Waals surface area contributed by atoms with Gasteiger partial charge >= 0.3 is 0 Å². The molecule has 0 aliphatic heterocycles. The van der Waals surface area contributed by atoms with Crippen LogP contribution in [0.2, 0.25) is 0 Å². The second-order valence-electron chi connectivity index (χ2n) is 3.69. The van der Waals surface area contributed by atoms with Gasteiger partial charge in [0.2, 0.25) is 9.84 Å². The van der Waals surface area contributed by atoms with Crippen molar-refractivity contribution in [3.8, 4) is 0 Å². The van der Waals surface area contributed by atoms with E-state index in [9.17, 15) is 8.42 Å². The normalized spacial score (nSPS) is 12.4. The molecule has 0 spiro atoms. The van der Waals surface area contributed by atoms with E-state index in [0.717, 1.165) is 5.56 Å². The molecule has 2 nitrogen and oxygen atoms in total. The van der Waals surface area contributed by atoms with Gasteiger partial charge in [0.25, 0.3) is 0 Å². The minimum Gasteiger partial charge on any atom is -0.219 e. The van der Waals surface area contributed by atoms with Gasteiger partial charge in [0, 0.05) is 8.99 Å². The molecule has 0 heterocycles. The number of sulfone groups is 1. The maximum Gasteiger partial charge on any atom is 0.200 e. The molecule has 4 heteroatoms. The predicted molar refractivity (Wildman–Crippen MR) is 82.1 cm³/mol. The summed E-state index contributed by atoms with van der Waals surface area (Å²) in [5, 5.41) is 1.30. The van der Waals surface area contributed by atoms with Crippen molar-refractivity contribution in [1.82, 2.24) is 0 Å². The van der Waals surface area contributed by atoms with E-state index in [1.165, 1.54) is 5.41 Å². The summed E-state index contributed by atoms with van der Waals surface area (Å²) in [5.74, 6) is 0. The maximum absolute atomic E-state index is 12.1. The molecule has 0 aliphatic rings. The highest BCUT2D eigenvalue weighted by Crippen LogP contribution is 2.25. The molecule has 2 aromatic rings. The van der Waals surface area contributed by atoms with Crippen LogP contribution in [0.3, 0.4) is 0 Å². The van der Waals surface area contributed by atoms with Gasteiger partial charge in [-0.3, -0.25) is 0 Å². The number of benzene rings is 2. The van der Waals surface area contributed by atoms with Gasteiger partial charge in [0.05, 0.1) is 4.90 Å². The Morgan fingerprint density at radius 1 is 0.889 bits per heavy atom. The summed E-state index contributed by atoms with van der Waals surface area (Å²) in [5.41, 5.74) is 0.901. The Morgan fingerprint density at radius 3 is 1.94 bits per heavy atom. The lowest BCUT2D eigenvalue weighted by Crippen LogP contribution is -1.96. The Labute approximate surface area is 120 Å². The smallest absolute Gasteiger partial charge is 0.200 e. The van der Waals surface area contributed by atoms with Gasteiger partial charge in [-0.1, -0.05) is 48.5 Å². The summed E-state index contributed by atoms with van der Waals surface area (Å²) in [7, 11) is -3.38. The van der Waals surface area contributed by atoms with Crippen LogP contribution in [-0.4, -0.2) is 8.42 Å². The number of rotatable bonds is 3. The van der Waals surface area contributed by atoms with E-state index in [1.54, 1.807) is 30.3 Å². The first-order valence-electron chi connectivity index (χ1n) is 5.32. The van der Waals surface area contributed by atoms with Crippen LogP contribution < -0.4 is 0 Å². The van der Waals surface area contributed by atoms with E-state index in [0.29, 0.717) is 8.48 Å². The fraction of sp³-hybridized carbons (Fsp3) is 0. The average molecular weight is 370 g/mol. The van der Waals surface area contributed by atoms with Gasteiger partial charge < -0.3 is 0 Å². The molecule has 0 N–H and O–H groups in total. The lowest BCUT2D eigenvalue weighted by atomic mass is 10.2. The molecule has 0 amide bonds. The summed E-state index contributed by atoms with van der Waals surface area (Å²) >= 11 is 2.04. The first-order chi connectivity index (χ1) is 8.59. The van der Waals surface area contributed by atoms with Crippen molar-refractivity contribution in [2.75, 3.05) is 0 Å². The van der Waals surface area contributed by atoms with E-state index in [-0.39, 0.29) is 0 Å². The topological polar surface area (TPSA) is 34.1 Å². The summed E-state index contributed by atoms with van der Waals surface area (Å²) in [6.07, 6.45) is 0. The lowest BCUT2D eigenvalue weighted by molar-refractivity contribution is 0.605. The summed E-state index contributed by atoms with van der Waals surface area (Å²) in [6, 6.07) is 17.9. The van der Waals surface area contributed by atoms with Gasteiger partial charge in [-0.15, -0.1) is 0 Å². The van der Waals surface area contributed by atoms with Crippen LogP contribution in [0.5, 0.6) is 0 Å². The number of hydrogen-bond acceptors (Lipinski definition) is 2. The molecular weight excluding hydrogens is 359 g/mol. The highest BCUT2D eigenvalue weighted by atomic mass is 127. The molecule has 0 atom stereocenters. The molecule has 0 saturated heterocycles. The minimum absolute atomic E-state index is 0.315. The summed E-state index contributed by atoms with van der Waals surface area (Å²) in [4.78, 5) is 0.315. The highest BCUT2D eigenvalue weighted by Gasteiger charge is 2.11. The van der Waals surface area contributed by atoms with Gasteiger partial charge in [-0.2, -0.15) is 0 Å². The van der Waals surface area contributed by atoms with Crippen molar-refractivity contribution in [2.45, 2.75) is 4.90 Å². The van der Waals surface area contributed by atoms with E-state index >= 15 is 0 Å². The van der Waals surface area contributed by atoms with Crippen LogP contribution in [0.15, 0.2) is 71.0 Å². The number of halogens is 1. The zero-order valence-electron chi connectivity index (χ0n) is 9.45. The lowest BCUT2D eigenvalue weighted by Gasteiger charge is -2.01. The Balaban J connectivity index is 2.39. The van der Waals surface area contributed by atoms with Crippen molar-refractivity contribution in [3.05, 3.63) is 71.6 Å².